The van der Waals surface area contributed by atoms with Crippen LogP contribution in [0.1, 0.15) is 25.3 Å². The summed E-state index contributed by atoms with van der Waals surface area (Å²) in [6.07, 6.45) is 5.21. The van der Waals surface area contributed by atoms with Gasteiger partial charge in [-0.3, -0.25) is 4.79 Å². The SMILES string of the molecule is C=CC=O.CCCCOc1ccc(CC=O)cc1Cl. The van der Waals surface area contributed by atoms with Crippen LogP contribution in [0.2, 0.25) is 5.02 Å². The first kappa shape index (κ1) is 17.4. The molecule has 0 unspecified atom stereocenters. The second kappa shape index (κ2) is 11.5. The molecule has 19 heavy (non-hydrogen) atoms. The lowest BCUT2D eigenvalue weighted by molar-refractivity contribution is -0.107. The third-order valence-electron chi connectivity index (χ3n) is 2.17. The van der Waals surface area contributed by atoms with E-state index in [0.29, 0.717) is 30.1 Å². The number of carbonyl (C=O) groups is 2. The molecule has 0 aliphatic carbocycles. The largest absolute Gasteiger partial charge is 0.492 e. The summed E-state index contributed by atoms with van der Waals surface area (Å²) < 4.78 is 5.49. The monoisotopic (exact) mass is 282 g/mol. The fourth-order valence-corrected chi connectivity index (χ4v) is 1.47. The molecule has 0 aliphatic rings. The second-order valence-corrected chi connectivity index (χ2v) is 4.12. The van der Waals surface area contributed by atoms with E-state index >= 15 is 0 Å². The molecule has 0 amide bonds. The average molecular weight is 283 g/mol. The zero-order chi connectivity index (χ0) is 14.5. The van der Waals surface area contributed by atoms with Crippen LogP contribution >= 0.6 is 11.6 Å². The molecule has 0 bridgehead atoms. The van der Waals surface area contributed by atoms with Gasteiger partial charge in [0.25, 0.3) is 0 Å². The number of hydrogen-bond donors (Lipinski definition) is 0. The molecule has 104 valence electrons. The van der Waals surface area contributed by atoms with Crippen LogP contribution in [0.5, 0.6) is 5.75 Å². The van der Waals surface area contributed by atoms with Crippen LogP contribution in [0.4, 0.5) is 0 Å². The van der Waals surface area contributed by atoms with Crippen molar-refractivity contribution in [2.24, 2.45) is 0 Å². The van der Waals surface area contributed by atoms with Crippen molar-refractivity contribution in [2.45, 2.75) is 26.2 Å². The highest BCUT2D eigenvalue weighted by atomic mass is 35.5. The topological polar surface area (TPSA) is 43.4 Å². The van der Waals surface area contributed by atoms with Crippen LogP contribution < -0.4 is 4.74 Å². The minimum Gasteiger partial charge on any atom is -0.492 e. The highest BCUT2D eigenvalue weighted by Gasteiger charge is 2.02. The Bertz CT molecular complexity index is 396. The normalized spacial score (nSPS) is 8.95. The first-order valence-corrected chi connectivity index (χ1v) is 6.48. The summed E-state index contributed by atoms with van der Waals surface area (Å²) in [6, 6.07) is 5.45. The number of ether oxygens (including phenoxy) is 1. The molecular weight excluding hydrogens is 264 g/mol. The van der Waals surface area contributed by atoms with Crippen LogP contribution in [-0.4, -0.2) is 19.2 Å². The van der Waals surface area contributed by atoms with Gasteiger partial charge in [-0.1, -0.05) is 37.6 Å². The lowest BCUT2D eigenvalue weighted by Gasteiger charge is -2.07. The van der Waals surface area contributed by atoms with Crippen molar-refractivity contribution < 1.29 is 14.3 Å². The average Bonchev–Trinajstić information content (AvgIpc) is 2.42. The summed E-state index contributed by atoms with van der Waals surface area (Å²) in [7, 11) is 0. The van der Waals surface area contributed by atoms with E-state index in [9.17, 15) is 4.79 Å². The molecule has 0 saturated heterocycles. The van der Waals surface area contributed by atoms with Crippen molar-refractivity contribution in [3.8, 4) is 5.75 Å². The summed E-state index contributed by atoms with van der Waals surface area (Å²) in [4.78, 5) is 19.4. The Balaban J connectivity index is 0.000000711. The number of unbranched alkanes of at least 4 members (excludes halogenated alkanes) is 1. The van der Waals surface area contributed by atoms with Gasteiger partial charge in [-0.25, -0.2) is 0 Å². The molecule has 0 atom stereocenters. The van der Waals surface area contributed by atoms with Gasteiger partial charge in [0.15, 0.2) is 0 Å². The molecule has 0 fully saturated rings. The molecule has 0 aliphatic heterocycles. The smallest absolute Gasteiger partial charge is 0.142 e. The zero-order valence-electron chi connectivity index (χ0n) is 11.1. The summed E-state index contributed by atoms with van der Waals surface area (Å²) in [5.74, 6) is 0.694. The lowest BCUT2D eigenvalue weighted by Crippen LogP contribution is -1.97. The summed E-state index contributed by atoms with van der Waals surface area (Å²) >= 11 is 6.00. The lowest BCUT2D eigenvalue weighted by atomic mass is 10.1. The van der Waals surface area contributed by atoms with Crippen LogP contribution in [-0.2, 0) is 16.0 Å². The number of carbonyl (C=O) groups excluding carboxylic acids is 2. The van der Waals surface area contributed by atoms with Gasteiger partial charge in [0.2, 0.25) is 0 Å². The number of allylic oxidation sites excluding steroid dienone is 1. The van der Waals surface area contributed by atoms with Crippen LogP contribution in [0, 0.1) is 0 Å². The maximum atomic E-state index is 10.3. The van der Waals surface area contributed by atoms with E-state index in [1.807, 2.05) is 12.1 Å². The standard InChI is InChI=1S/C12H15ClO2.C3H4O/c1-2-3-8-15-12-5-4-10(6-7-14)9-11(12)13;1-2-3-4/h4-5,7,9H,2-3,6,8H2,1H3;2-3H,1H2. The molecule has 0 spiro atoms. The van der Waals surface area contributed by atoms with Crippen LogP contribution in [0.3, 0.4) is 0 Å². The predicted molar refractivity (Wildman–Crippen MR) is 77.9 cm³/mol. The first-order valence-electron chi connectivity index (χ1n) is 6.10. The third kappa shape index (κ3) is 8.16. The predicted octanol–water partition coefficient (Wildman–Crippen LogP) is 3.63. The quantitative estimate of drug-likeness (QED) is 0.436. The van der Waals surface area contributed by atoms with E-state index < -0.39 is 0 Å². The summed E-state index contributed by atoms with van der Waals surface area (Å²) in [6.45, 7) is 5.90. The fraction of sp³-hybridized carbons (Fsp3) is 0.333. The number of hydrogen-bond acceptors (Lipinski definition) is 3. The molecule has 4 heteroatoms. The van der Waals surface area contributed by atoms with Crippen molar-refractivity contribution in [3.63, 3.8) is 0 Å². The maximum Gasteiger partial charge on any atom is 0.142 e. The second-order valence-electron chi connectivity index (χ2n) is 3.71. The van der Waals surface area contributed by atoms with Crippen molar-refractivity contribution in [1.29, 1.82) is 0 Å². The molecule has 1 aromatic carbocycles. The number of rotatable bonds is 7. The molecule has 1 rings (SSSR count). The van der Waals surface area contributed by atoms with Crippen molar-refractivity contribution >= 4 is 24.2 Å². The molecule has 0 heterocycles. The molecule has 0 N–H and O–H groups in total. The summed E-state index contributed by atoms with van der Waals surface area (Å²) in [5, 5.41) is 0.574. The van der Waals surface area contributed by atoms with E-state index in [4.69, 9.17) is 21.1 Å². The van der Waals surface area contributed by atoms with E-state index in [-0.39, 0.29) is 0 Å². The Morgan fingerprint density at radius 1 is 1.37 bits per heavy atom. The Hall–Kier alpha value is -1.61. The van der Waals surface area contributed by atoms with Gasteiger partial charge in [0, 0.05) is 6.42 Å². The van der Waals surface area contributed by atoms with Crippen LogP contribution in [0.15, 0.2) is 30.9 Å². The molecule has 0 saturated carbocycles. The van der Waals surface area contributed by atoms with Gasteiger partial charge in [-0.05, 0) is 30.2 Å². The zero-order valence-corrected chi connectivity index (χ0v) is 11.9. The van der Waals surface area contributed by atoms with Crippen molar-refractivity contribution in [1.82, 2.24) is 0 Å². The number of benzene rings is 1. The van der Waals surface area contributed by atoms with Crippen molar-refractivity contribution in [2.75, 3.05) is 6.61 Å². The molecule has 3 nitrogen and oxygen atoms in total. The minimum absolute atomic E-state index is 0.398. The maximum absolute atomic E-state index is 10.3. The molecule has 0 aromatic heterocycles. The Labute approximate surface area is 119 Å². The van der Waals surface area contributed by atoms with E-state index in [0.717, 1.165) is 24.7 Å². The van der Waals surface area contributed by atoms with Gasteiger partial charge in [0.05, 0.1) is 11.6 Å². The highest BCUT2D eigenvalue weighted by molar-refractivity contribution is 6.32. The molecule has 0 radical (unpaired) electrons. The van der Waals surface area contributed by atoms with Gasteiger partial charge >= 0.3 is 0 Å². The van der Waals surface area contributed by atoms with Gasteiger partial charge in [0.1, 0.15) is 18.3 Å². The Morgan fingerprint density at radius 2 is 2.05 bits per heavy atom. The first-order chi connectivity index (χ1) is 9.19. The molecule has 1 aromatic rings. The van der Waals surface area contributed by atoms with Gasteiger partial charge in [-0.15, -0.1) is 0 Å². The summed E-state index contributed by atoms with van der Waals surface area (Å²) in [5.41, 5.74) is 0.915. The van der Waals surface area contributed by atoms with Gasteiger partial charge in [-0.2, -0.15) is 0 Å². The Kier molecular flexibility index (Phi) is 10.5. The van der Waals surface area contributed by atoms with E-state index in [1.165, 1.54) is 6.08 Å². The molecular formula is C15H19ClO3. The van der Waals surface area contributed by atoms with Crippen LogP contribution in [0.25, 0.3) is 0 Å². The number of halogens is 1. The van der Waals surface area contributed by atoms with Gasteiger partial charge < -0.3 is 9.53 Å². The highest BCUT2D eigenvalue weighted by Crippen LogP contribution is 2.25. The minimum atomic E-state index is 0.398. The fourth-order valence-electron chi connectivity index (χ4n) is 1.21. The Morgan fingerprint density at radius 3 is 2.53 bits per heavy atom. The van der Waals surface area contributed by atoms with E-state index in [2.05, 4.69) is 13.5 Å². The third-order valence-corrected chi connectivity index (χ3v) is 2.46. The number of aldehydes is 2. The van der Waals surface area contributed by atoms with Crippen molar-refractivity contribution in [3.05, 3.63) is 41.4 Å². The van der Waals surface area contributed by atoms with E-state index in [1.54, 1.807) is 6.07 Å².